The molecular weight excluding hydrogens is 226 g/mol. The van der Waals surface area contributed by atoms with E-state index in [2.05, 4.69) is 33.0 Å². The predicted molar refractivity (Wildman–Crippen MR) is 73.6 cm³/mol. The van der Waals surface area contributed by atoms with Crippen molar-refractivity contribution < 1.29 is 9.21 Å². The third kappa shape index (κ3) is 3.90. The van der Waals surface area contributed by atoms with Gasteiger partial charge in [-0.2, -0.15) is 0 Å². The maximum atomic E-state index is 11.9. The van der Waals surface area contributed by atoms with Gasteiger partial charge in [-0.3, -0.25) is 4.79 Å². The molecule has 1 N–H and O–H groups in total. The molecule has 0 saturated carbocycles. The zero-order valence-electron chi connectivity index (χ0n) is 12.1. The molecule has 0 aliphatic heterocycles. The lowest BCUT2D eigenvalue weighted by Crippen LogP contribution is -2.33. The van der Waals surface area contributed by atoms with Gasteiger partial charge in [-0.25, -0.2) is 0 Å². The van der Waals surface area contributed by atoms with E-state index in [0.29, 0.717) is 30.1 Å². The van der Waals surface area contributed by atoms with Gasteiger partial charge in [-0.05, 0) is 29.9 Å². The molecule has 1 heterocycles. The van der Waals surface area contributed by atoms with Crippen LogP contribution in [0, 0.1) is 17.8 Å². The molecular formula is C15H25NO2. The average molecular weight is 251 g/mol. The fraction of sp³-hybridized carbons (Fsp3) is 0.667. The highest BCUT2D eigenvalue weighted by Gasteiger charge is 2.19. The Balaban J connectivity index is 2.54. The third-order valence-electron chi connectivity index (χ3n) is 3.44. The Morgan fingerprint density at radius 3 is 2.28 bits per heavy atom. The summed E-state index contributed by atoms with van der Waals surface area (Å²) < 4.78 is 5.44. The van der Waals surface area contributed by atoms with Crippen molar-refractivity contribution in [3.63, 3.8) is 0 Å². The van der Waals surface area contributed by atoms with Crippen molar-refractivity contribution in [1.82, 2.24) is 5.32 Å². The predicted octanol–water partition coefficient (Wildman–Crippen LogP) is 3.50. The van der Waals surface area contributed by atoms with Crippen LogP contribution in [0.5, 0.6) is 0 Å². The van der Waals surface area contributed by atoms with E-state index in [1.807, 2.05) is 13.0 Å². The van der Waals surface area contributed by atoms with Gasteiger partial charge >= 0.3 is 0 Å². The number of amides is 1. The van der Waals surface area contributed by atoms with E-state index in [1.165, 1.54) is 0 Å². The molecule has 0 spiro atoms. The fourth-order valence-electron chi connectivity index (χ4n) is 2.23. The smallest absolute Gasteiger partial charge is 0.287 e. The first-order valence-corrected chi connectivity index (χ1v) is 6.82. The van der Waals surface area contributed by atoms with Gasteiger partial charge in [0.2, 0.25) is 0 Å². The van der Waals surface area contributed by atoms with Crippen LogP contribution >= 0.6 is 0 Å². The third-order valence-corrected chi connectivity index (χ3v) is 3.44. The largest absolute Gasteiger partial charge is 0.456 e. The van der Waals surface area contributed by atoms with Crippen LogP contribution in [0.3, 0.4) is 0 Å². The molecule has 3 nitrogen and oxygen atoms in total. The monoisotopic (exact) mass is 251 g/mol. The zero-order valence-corrected chi connectivity index (χ0v) is 12.1. The van der Waals surface area contributed by atoms with Gasteiger partial charge in [0.05, 0.1) is 0 Å². The molecule has 102 valence electrons. The molecule has 3 heteroatoms. The van der Waals surface area contributed by atoms with Crippen molar-refractivity contribution in [3.05, 3.63) is 23.7 Å². The second kappa shape index (κ2) is 6.62. The van der Waals surface area contributed by atoms with E-state index in [-0.39, 0.29) is 5.91 Å². The minimum Gasteiger partial charge on any atom is -0.456 e. The normalized spacial score (nSPS) is 11.6. The summed E-state index contributed by atoms with van der Waals surface area (Å²) >= 11 is 0. The van der Waals surface area contributed by atoms with E-state index in [1.54, 1.807) is 6.07 Å². The number of hydrogen-bond acceptors (Lipinski definition) is 2. The molecule has 0 saturated heterocycles. The van der Waals surface area contributed by atoms with Gasteiger partial charge < -0.3 is 9.73 Å². The van der Waals surface area contributed by atoms with E-state index in [0.717, 1.165) is 12.2 Å². The van der Waals surface area contributed by atoms with E-state index in [9.17, 15) is 4.79 Å². The van der Waals surface area contributed by atoms with Gasteiger partial charge in [0.25, 0.3) is 5.91 Å². The average Bonchev–Trinajstić information content (AvgIpc) is 2.76. The minimum absolute atomic E-state index is 0.110. The summed E-state index contributed by atoms with van der Waals surface area (Å²) in [5.74, 6) is 2.78. The first-order chi connectivity index (χ1) is 8.45. The van der Waals surface area contributed by atoms with Crippen molar-refractivity contribution in [2.45, 2.75) is 41.0 Å². The van der Waals surface area contributed by atoms with Crippen LogP contribution < -0.4 is 5.32 Å². The van der Waals surface area contributed by atoms with E-state index >= 15 is 0 Å². The lowest BCUT2D eigenvalue weighted by molar-refractivity contribution is 0.0907. The molecule has 0 aliphatic rings. The standard InChI is InChI=1S/C15H25NO2/c1-6-12-7-8-14(18-12)15(17)16-9-13(10(2)3)11(4)5/h7-8,10-11,13H,6,9H2,1-5H3,(H,16,17). The van der Waals surface area contributed by atoms with Crippen LogP contribution in [0.25, 0.3) is 0 Å². The SMILES string of the molecule is CCc1ccc(C(=O)NCC(C(C)C)C(C)C)o1. The van der Waals surface area contributed by atoms with Gasteiger partial charge in [0, 0.05) is 13.0 Å². The summed E-state index contributed by atoms with van der Waals surface area (Å²) in [5.41, 5.74) is 0. The molecule has 18 heavy (non-hydrogen) atoms. The Bertz CT molecular complexity index is 372. The van der Waals surface area contributed by atoms with Crippen LogP contribution in [-0.2, 0) is 6.42 Å². The zero-order chi connectivity index (χ0) is 13.7. The van der Waals surface area contributed by atoms with E-state index < -0.39 is 0 Å². The highest BCUT2D eigenvalue weighted by molar-refractivity contribution is 5.91. The summed E-state index contributed by atoms with van der Waals surface area (Å²) in [6, 6.07) is 3.60. The first kappa shape index (κ1) is 14.8. The molecule has 0 atom stereocenters. The van der Waals surface area contributed by atoms with Crippen molar-refractivity contribution in [3.8, 4) is 0 Å². The van der Waals surface area contributed by atoms with Crippen LogP contribution in [0.2, 0.25) is 0 Å². The highest BCUT2D eigenvalue weighted by atomic mass is 16.3. The maximum Gasteiger partial charge on any atom is 0.287 e. The summed E-state index contributed by atoms with van der Waals surface area (Å²) in [6.07, 6.45) is 0.813. The maximum absolute atomic E-state index is 11.9. The number of carbonyl (C=O) groups excluding carboxylic acids is 1. The molecule has 0 aliphatic carbocycles. The first-order valence-electron chi connectivity index (χ1n) is 6.82. The summed E-state index contributed by atoms with van der Waals surface area (Å²) in [6.45, 7) is 11.5. The molecule has 0 fully saturated rings. The van der Waals surface area contributed by atoms with Crippen molar-refractivity contribution >= 4 is 5.91 Å². The Morgan fingerprint density at radius 1 is 1.22 bits per heavy atom. The fourth-order valence-corrected chi connectivity index (χ4v) is 2.23. The van der Waals surface area contributed by atoms with Gasteiger partial charge in [-0.15, -0.1) is 0 Å². The molecule has 0 aromatic carbocycles. The summed E-state index contributed by atoms with van der Waals surface area (Å²) in [4.78, 5) is 11.9. The minimum atomic E-state index is -0.110. The quantitative estimate of drug-likeness (QED) is 0.840. The molecule has 1 aromatic rings. The number of furan rings is 1. The number of aryl methyl sites for hydroxylation is 1. The van der Waals surface area contributed by atoms with Crippen LogP contribution in [0.1, 0.15) is 50.9 Å². The van der Waals surface area contributed by atoms with Crippen molar-refractivity contribution in [1.29, 1.82) is 0 Å². The number of rotatable bonds is 6. The molecule has 0 unspecified atom stereocenters. The second-order valence-corrected chi connectivity index (χ2v) is 5.48. The number of carbonyl (C=O) groups is 1. The number of nitrogens with one attached hydrogen (secondary N) is 1. The molecule has 1 amide bonds. The van der Waals surface area contributed by atoms with Crippen molar-refractivity contribution in [2.75, 3.05) is 6.54 Å². The summed E-state index contributed by atoms with van der Waals surface area (Å²) in [5, 5.41) is 2.97. The second-order valence-electron chi connectivity index (χ2n) is 5.48. The molecule has 1 aromatic heterocycles. The topological polar surface area (TPSA) is 42.2 Å². The molecule has 0 bridgehead atoms. The van der Waals surface area contributed by atoms with Crippen LogP contribution in [0.4, 0.5) is 0 Å². The lowest BCUT2D eigenvalue weighted by atomic mass is 9.85. The van der Waals surface area contributed by atoms with Crippen molar-refractivity contribution in [2.24, 2.45) is 17.8 Å². The molecule has 1 rings (SSSR count). The summed E-state index contributed by atoms with van der Waals surface area (Å²) in [7, 11) is 0. The van der Waals surface area contributed by atoms with Gasteiger partial charge in [-0.1, -0.05) is 34.6 Å². The number of hydrogen-bond donors (Lipinski definition) is 1. The Hall–Kier alpha value is -1.25. The highest BCUT2D eigenvalue weighted by Crippen LogP contribution is 2.19. The van der Waals surface area contributed by atoms with Gasteiger partial charge in [0.1, 0.15) is 5.76 Å². The van der Waals surface area contributed by atoms with Gasteiger partial charge in [0.15, 0.2) is 5.76 Å². The Morgan fingerprint density at radius 2 is 1.83 bits per heavy atom. The Kier molecular flexibility index (Phi) is 5.45. The van der Waals surface area contributed by atoms with Crippen LogP contribution in [-0.4, -0.2) is 12.5 Å². The lowest BCUT2D eigenvalue weighted by Gasteiger charge is -2.24. The van der Waals surface area contributed by atoms with Crippen LogP contribution in [0.15, 0.2) is 16.5 Å². The van der Waals surface area contributed by atoms with E-state index in [4.69, 9.17) is 4.42 Å². The Labute approximate surface area is 110 Å². The molecule has 0 radical (unpaired) electrons.